The fourth-order valence-electron chi connectivity index (χ4n) is 1.90. The van der Waals surface area contributed by atoms with Gasteiger partial charge in [0, 0.05) is 22.2 Å². The van der Waals surface area contributed by atoms with Crippen LogP contribution in [0.4, 0.5) is 0 Å². The van der Waals surface area contributed by atoms with Gasteiger partial charge >= 0.3 is 0 Å². The number of rotatable bonds is 5. The van der Waals surface area contributed by atoms with Gasteiger partial charge < -0.3 is 11.1 Å². The summed E-state index contributed by atoms with van der Waals surface area (Å²) in [5.74, 6) is 0.667. The van der Waals surface area contributed by atoms with Crippen molar-refractivity contribution in [3.05, 3.63) is 21.4 Å². The van der Waals surface area contributed by atoms with E-state index in [1.54, 1.807) is 11.3 Å². The zero-order valence-corrected chi connectivity index (χ0v) is 11.3. The number of nitrogens with one attached hydrogen (secondary N) is 1. The van der Waals surface area contributed by atoms with Crippen molar-refractivity contribution in [2.45, 2.75) is 45.7 Å². The normalized spacial score (nSPS) is 16.9. The first-order valence-corrected chi connectivity index (χ1v) is 6.96. The summed E-state index contributed by atoms with van der Waals surface area (Å²) in [7, 11) is 0. The number of carbonyl (C=O) groups is 1. The SMILES string of the molecule is Cc1cc(CNC(=O)CC(N)C2CC2)sc1C. The van der Waals surface area contributed by atoms with Crippen molar-refractivity contribution in [3.8, 4) is 0 Å². The van der Waals surface area contributed by atoms with Crippen LogP contribution in [0, 0.1) is 19.8 Å². The topological polar surface area (TPSA) is 55.1 Å². The Morgan fingerprint density at radius 1 is 1.59 bits per heavy atom. The van der Waals surface area contributed by atoms with Gasteiger partial charge in [0.1, 0.15) is 0 Å². The Morgan fingerprint density at radius 2 is 2.29 bits per heavy atom. The third kappa shape index (κ3) is 3.54. The Morgan fingerprint density at radius 3 is 2.82 bits per heavy atom. The molecule has 1 saturated carbocycles. The number of aryl methyl sites for hydroxylation is 2. The molecule has 0 bridgehead atoms. The fraction of sp³-hybridized carbons (Fsp3) is 0.615. The Bertz CT molecular complexity index is 390. The Hall–Kier alpha value is -0.870. The smallest absolute Gasteiger partial charge is 0.221 e. The van der Waals surface area contributed by atoms with E-state index in [0.717, 1.165) is 0 Å². The van der Waals surface area contributed by atoms with Crippen LogP contribution in [0.1, 0.15) is 34.6 Å². The molecule has 1 aromatic heterocycles. The molecular formula is C13H20N2OS. The van der Waals surface area contributed by atoms with Gasteiger partial charge in [0.05, 0.1) is 6.54 Å². The van der Waals surface area contributed by atoms with E-state index in [4.69, 9.17) is 5.73 Å². The van der Waals surface area contributed by atoms with E-state index >= 15 is 0 Å². The molecule has 2 rings (SSSR count). The molecule has 0 saturated heterocycles. The lowest BCUT2D eigenvalue weighted by atomic mass is 10.1. The fourth-order valence-corrected chi connectivity index (χ4v) is 2.89. The second kappa shape index (κ2) is 5.19. The van der Waals surface area contributed by atoms with E-state index in [2.05, 4.69) is 25.2 Å². The van der Waals surface area contributed by atoms with E-state index in [-0.39, 0.29) is 11.9 Å². The second-order valence-corrected chi connectivity index (χ2v) is 6.27. The molecule has 0 aliphatic heterocycles. The van der Waals surface area contributed by atoms with Crippen molar-refractivity contribution < 1.29 is 4.79 Å². The molecule has 1 aliphatic rings. The summed E-state index contributed by atoms with van der Waals surface area (Å²) in [5, 5.41) is 2.94. The summed E-state index contributed by atoms with van der Waals surface area (Å²) >= 11 is 1.75. The molecule has 94 valence electrons. The number of thiophene rings is 1. The maximum absolute atomic E-state index is 11.7. The molecule has 0 aromatic carbocycles. The van der Waals surface area contributed by atoms with Crippen molar-refractivity contribution >= 4 is 17.2 Å². The predicted molar refractivity (Wildman–Crippen MR) is 71.0 cm³/mol. The molecule has 0 spiro atoms. The Kier molecular flexibility index (Phi) is 3.84. The van der Waals surface area contributed by atoms with Gasteiger partial charge in [-0.2, -0.15) is 0 Å². The summed E-state index contributed by atoms with van der Waals surface area (Å²) in [5.41, 5.74) is 7.22. The molecule has 3 nitrogen and oxygen atoms in total. The molecule has 3 N–H and O–H groups in total. The summed E-state index contributed by atoms with van der Waals surface area (Å²) in [6, 6.07) is 2.20. The van der Waals surface area contributed by atoms with E-state index in [1.807, 2.05) is 0 Å². The highest BCUT2D eigenvalue weighted by Gasteiger charge is 2.29. The molecule has 1 fully saturated rings. The summed E-state index contributed by atoms with van der Waals surface area (Å²) in [6.07, 6.45) is 2.85. The van der Waals surface area contributed by atoms with Gasteiger partial charge in [0.15, 0.2) is 0 Å². The van der Waals surface area contributed by atoms with Gasteiger partial charge in [-0.1, -0.05) is 0 Å². The van der Waals surface area contributed by atoms with Crippen molar-refractivity contribution in [2.75, 3.05) is 0 Å². The summed E-state index contributed by atoms with van der Waals surface area (Å²) in [6.45, 7) is 4.84. The van der Waals surface area contributed by atoms with Crippen LogP contribution in [-0.4, -0.2) is 11.9 Å². The van der Waals surface area contributed by atoms with Crippen LogP contribution in [0.25, 0.3) is 0 Å². The van der Waals surface area contributed by atoms with Gasteiger partial charge in [0.25, 0.3) is 0 Å². The third-order valence-corrected chi connectivity index (χ3v) is 4.48. The molecule has 1 aromatic rings. The highest BCUT2D eigenvalue weighted by Crippen LogP contribution is 2.32. The average molecular weight is 252 g/mol. The van der Waals surface area contributed by atoms with E-state index in [1.165, 1.54) is 28.2 Å². The number of hydrogen-bond donors (Lipinski definition) is 2. The van der Waals surface area contributed by atoms with Crippen molar-refractivity contribution in [1.29, 1.82) is 0 Å². The second-order valence-electron chi connectivity index (χ2n) is 4.93. The molecular weight excluding hydrogens is 232 g/mol. The summed E-state index contributed by atoms with van der Waals surface area (Å²) in [4.78, 5) is 14.2. The largest absolute Gasteiger partial charge is 0.351 e. The van der Waals surface area contributed by atoms with Crippen molar-refractivity contribution in [2.24, 2.45) is 11.7 Å². The first kappa shape index (κ1) is 12.6. The van der Waals surface area contributed by atoms with Gasteiger partial charge in [-0.05, 0) is 44.2 Å². The lowest BCUT2D eigenvalue weighted by Crippen LogP contribution is -2.32. The predicted octanol–water partition coefficient (Wildman–Crippen LogP) is 2.11. The number of nitrogens with two attached hydrogens (primary N) is 1. The lowest BCUT2D eigenvalue weighted by Gasteiger charge is -2.09. The van der Waals surface area contributed by atoms with Gasteiger partial charge in [-0.25, -0.2) is 0 Å². The third-order valence-electron chi connectivity index (χ3n) is 3.33. The van der Waals surface area contributed by atoms with Crippen molar-refractivity contribution in [1.82, 2.24) is 5.32 Å². The zero-order valence-electron chi connectivity index (χ0n) is 10.5. The highest BCUT2D eigenvalue weighted by atomic mass is 32.1. The van der Waals surface area contributed by atoms with Crippen LogP contribution in [0.2, 0.25) is 0 Å². The zero-order chi connectivity index (χ0) is 12.4. The van der Waals surface area contributed by atoms with Crippen molar-refractivity contribution in [3.63, 3.8) is 0 Å². The van der Waals surface area contributed by atoms with Crippen LogP contribution < -0.4 is 11.1 Å². The summed E-state index contributed by atoms with van der Waals surface area (Å²) < 4.78 is 0. The standard InChI is InChI=1S/C13H20N2OS/c1-8-5-11(17-9(8)2)7-15-13(16)6-12(14)10-3-4-10/h5,10,12H,3-4,6-7,14H2,1-2H3,(H,15,16). The molecule has 4 heteroatoms. The number of carbonyl (C=O) groups excluding carboxylic acids is 1. The van der Waals surface area contributed by atoms with E-state index in [9.17, 15) is 4.79 Å². The monoisotopic (exact) mass is 252 g/mol. The maximum Gasteiger partial charge on any atom is 0.221 e. The van der Waals surface area contributed by atoms with Crippen LogP contribution in [-0.2, 0) is 11.3 Å². The minimum atomic E-state index is 0.0572. The number of amides is 1. The molecule has 0 radical (unpaired) electrons. The first-order chi connectivity index (χ1) is 8.06. The van der Waals surface area contributed by atoms with Crippen LogP contribution in [0.5, 0.6) is 0 Å². The van der Waals surface area contributed by atoms with Crippen LogP contribution in [0.15, 0.2) is 6.07 Å². The lowest BCUT2D eigenvalue weighted by molar-refractivity contribution is -0.121. The molecule has 1 heterocycles. The van der Waals surface area contributed by atoms with Crippen LogP contribution in [0.3, 0.4) is 0 Å². The molecule has 1 amide bonds. The van der Waals surface area contributed by atoms with Gasteiger partial charge in [-0.3, -0.25) is 4.79 Å². The molecule has 1 unspecified atom stereocenters. The van der Waals surface area contributed by atoms with Gasteiger partial charge in [0.2, 0.25) is 5.91 Å². The minimum absolute atomic E-state index is 0.0572. The Labute approximate surface area is 106 Å². The van der Waals surface area contributed by atoms with E-state index < -0.39 is 0 Å². The maximum atomic E-state index is 11.7. The Balaban J connectivity index is 1.75. The number of hydrogen-bond acceptors (Lipinski definition) is 3. The average Bonchev–Trinajstić information content (AvgIpc) is 3.05. The molecule has 17 heavy (non-hydrogen) atoms. The molecule has 1 aliphatic carbocycles. The van der Waals surface area contributed by atoms with Gasteiger partial charge in [-0.15, -0.1) is 11.3 Å². The minimum Gasteiger partial charge on any atom is -0.351 e. The molecule has 1 atom stereocenters. The van der Waals surface area contributed by atoms with Crippen LogP contribution >= 0.6 is 11.3 Å². The van der Waals surface area contributed by atoms with E-state index in [0.29, 0.717) is 18.9 Å². The highest BCUT2D eigenvalue weighted by molar-refractivity contribution is 7.12. The quantitative estimate of drug-likeness (QED) is 0.843. The first-order valence-electron chi connectivity index (χ1n) is 6.14.